The molecule has 294 valence electrons. The van der Waals surface area contributed by atoms with Gasteiger partial charge in [0.15, 0.2) is 0 Å². The molecule has 0 aliphatic carbocycles. The number of carbonyl (C=O) groups is 1. The second-order valence-electron chi connectivity index (χ2n) is 13.1. The van der Waals surface area contributed by atoms with Crippen molar-refractivity contribution in [3.8, 4) is 22.4 Å². The number of nitrogens with zero attached hydrogens (tertiary/aromatic N) is 2. The third-order valence-electron chi connectivity index (χ3n) is 9.40. The zero-order valence-corrected chi connectivity index (χ0v) is 33.4. The summed E-state index contributed by atoms with van der Waals surface area (Å²) >= 11 is 8.14. The Labute approximate surface area is 341 Å². The van der Waals surface area contributed by atoms with E-state index in [-0.39, 0.29) is 16.1 Å². The van der Waals surface area contributed by atoms with Crippen LogP contribution in [-0.2, 0) is 9.84 Å². The molecule has 0 unspecified atom stereocenters. The van der Waals surface area contributed by atoms with Gasteiger partial charge in [0.2, 0.25) is 0 Å². The van der Waals surface area contributed by atoms with Crippen molar-refractivity contribution in [2.75, 3.05) is 45.4 Å². The minimum atomic E-state index is -5.64. The molecule has 9 nitrogen and oxygen atoms in total. The molecule has 0 spiro atoms. The highest BCUT2D eigenvalue weighted by atomic mass is 35.5. The van der Waals surface area contributed by atoms with Gasteiger partial charge in [0, 0.05) is 69.3 Å². The molecule has 6 aromatic rings. The highest BCUT2D eigenvalue weighted by molar-refractivity contribution is 8.01. The van der Waals surface area contributed by atoms with Crippen molar-refractivity contribution in [1.29, 1.82) is 0 Å². The van der Waals surface area contributed by atoms with Crippen LogP contribution in [0.2, 0.25) is 5.02 Å². The van der Waals surface area contributed by atoms with Gasteiger partial charge in [0.1, 0.15) is 4.90 Å². The van der Waals surface area contributed by atoms with E-state index in [4.69, 9.17) is 11.6 Å². The fourth-order valence-electron chi connectivity index (χ4n) is 6.55. The predicted molar refractivity (Wildman–Crippen MR) is 224 cm³/mol. The number of H-pyrrole nitrogens is 1. The Morgan fingerprint density at radius 2 is 1.40 bits per heavy atom. The normalized spacial score (nSPS) is 13.4. The largest absolute Gasteiger partial charge is 0.501 e. The molecule has 0 saturated carbocycles. The van der Waals surface area contributed by atoms with Crippen LogP contribution in [-0.4, -0.2) is 56.2 Å². The number of nitrogens with one attached hydrogen (secondary N) is 3. The van der Waals surface area contributed by atoms with E-state index < -0.39 is 26.2 Å². The lowest BCUT2D eigenvalue weighted by Gasteiger charge is -2.37. The molecule has 5 aromatic carbocycles. The van der Waals surface area contributed by atoms with Crippen LogP contribution < -0.4 is 19.2 Å². The number of aromatic nitrogens is 1. The van der Waals surface area contributed by atoms with Crippen molar-refractivity contribution in [3.05, 3.63) is 138 Å². The first kappa shape index (κ1) is 40.0. The van der Waals surface area contributed by atoms with Crippen molar-refractivity contribution in [1.82, 2.24) is 4.98 Å². The molecule has 1 aliphatic heterocycles. The number of rotatable bonds is 12. The molecule has 7 rings (SSSR count). The van der Waals surface area contributed by atoms with Crippen molar-refractivity contribution >= 4 is 74.1 Å². The summed E-state index contributed by atoms with van der Waals surface area (Å²) in [6.45, 7) is 4.65. The molecule has 16 heteroatoms. The second kappa shape index (κ2) is 16.7. The van der Waals surface area contributed by atoms with Crippen LogP contribution in [0.15, 0.2) is 136 Å². The number of piperazine rings is 1. The molecule has 0 bridgehead atoms. The van der Waals surface area contributed by atoms with Gasteiger partial charge in [-0.25, -0.2) is 13.2 Å². The van der Waals surface area contributed by atoms with Crippen molar-refractivity contribution in [2.45, 2.75) is 27.1 Å². The van der Waals surface area contributed by atoms with Gasteiger partial charge in [-0.1, -0.05) is 54.1 Å². The molecular formula is C41H35ClF3N5O4S3. The summed E-state index contributed by atoms with van der Waals surface area (Å²) in [4.78, 5) is 20.3. The highest BCUT2D eigenvalue weighted by Crippen LogP contribution is 2.40. The van der Waals surface area contributed by atoms with Gasteiger partial charge in [-0.3, -0.25) is 0 Å². The quantitative estimate of drug-likeness (QED) is 0.0887. The summed E-state index contributed by atoms with van der Waals surface area (Å²) in [5, 5.41) is 10.8. The number of aryl methyl sites for hydroxylation is 1. The number of halogens is 4. The number of aromatic carboxylic acids is 1. The average Bonchev–Trinajstić information content (AvgIpc) is 3.57. The molecule has 1 fully saturated rings. The Hall–Kier alpha value is -5.22. The van der Waals surface area contributed by atoms with Gasteiger partial charge >= 0.3 is 11.5 Å². The van der Waals surface area contributed by atoms with Crippen molar-refractivity contribution in [2.24, 2.45) is 0 Å². The number of anilines is 4. The van der Waals surface area contributed by atoms with Gasteiger partial charge in [-0.05, 0) is 121 Å². The monoisotopic (exact) mass is 849 g/mol. The topological polar surface area (TPSA) is 118 Å². The van der Waals surface area contributed by atoms with E-state index in [9.17, 15) is 31.5 Å². The van der Waals surface area contributed by atoms with Crippen LogP contribution in [0.3, 0.4) is 0 Å². The van der Waals surface area contributed by atoms with E-state index in [1.54, 1.807) is 55.5 Å². The molecule has 57 heavy (non-hydrogen) atoms. The van der Waals surface area contributed by atoms with Crippen LogP contribution in [0.25, 0.3) is 22.4 Å². The predicted octanol–water partition coefficient (Wildman–Crippen LogP) is 10.9. The Balaban J connectivity index is 1.00. The fraction of sp³-hybridized carbons (Fsp3) is 0.146. The number of carboxylic acids is 1. The van der Waals surface area contributed by atoms with Crippen LogP contribution in [0.4, 0.5) is 35.9 Å². The first-order valence-electron chi connectivity index (χ1n) is 17.6. The van der Waals surface area contributed by atoms with Gasteiger partial charge in [0.25, 0.3) is 9.84 Å². The summed E-state index contributed by atoms with van der Waals surface area (Å²) in [7, 11) is -5.64. The Morgan fingerprint density at radius 3 is 2.05 bits per heavy atom. The molecule has 0 atom stereocenters. The number of hydrogen-bond acceptors (Lipinski definition) is 9. The standard InChI is InChI=1S/C41H35ClF3N5O4S3/c1-26-37(40(51)52)38(39(46-26)27-10-12-29(42)13-11-27)28-6-5-7-32(24-28)50-22-20-49(21-23-50)31-16-14-30(15-17-31)47-56-34-18-19-35(48-55-33-8-3-2-4-9-33)36(25-34)57(53,54)41(43,44)45/h2-19,24-25,46-48H,20-23H2,1H3,(H,51,52). The number of hydrogen-bond donors (Lipinski definition) is 4. The Bertz CT molecular complexity index is 2500. The van der Waals surface area contributed by atoms with E-state index in [1.807, 2.05) is 60.7 Å². The van der Waals surface area contributed by atoms with E-state index in [0.717, 1.165) is 78.6 Å². The third-order valence-corrected chi connectivity index (χ3v) is 12.8. The molecule has 4 N–H and O–H groups in total. The number of alkyl halides is 3. The van der Waals surface area contributed by atoms with E-state index >= 15 is 0 Å². The van der Waals surface area contributed by atoms with Crippen LogP contribution in [0.1, 0.15) is 16.1 Å². The average molecular weight is 850 g/mol. The third kappa shape index (κ3) is 8.86. The minimum absolute atomic E-state index is 0.172. The van der Waals surface area contributed by atoms with Gasteiger partial charge in [-0.2, -0.15) is 13.2 Å². The molecule has 0 radical (unpaired) electrons. The van der Waals surface area contributed by atoms with E-state index in [0.29, 0.717) is 32.6 Å². The van der Waals surface area contributed by atoms with Crippen LogP contribution in [0.5, 0.6) is 0 Å². The SMILES string of the molecule is Cc1[nH]c(-c2ccc(Cl)cc2)c(-c2cccc(N3CCN(c4ccc(NSc5ccc(NSc6ccccc6)c(S(=O)(=O)C(F)(F)F)c5)cc4)CC3)c2)c1C(=O)O. The summed E-state index contributed by atoms with van der Waals surface area (Å²) in [5.74, 6) is -1.01. The first-order chi connectivity index (χ1) is 27.3. The molecule has 2 heterocycles. The van der Waals surface area contributed by atoms with Gasteiger partial charge in [-0.15, -0.1) is 0 Å². The number of benzene rings is 5. The van der Waals surface area contributed by atoms with Crippen molar-refractivity contribution in [3.63, 3.8) is 0 Å². The maximum Gasteiger partial charge on any atom is 0.501 e. The second-order valence-corrected chi connectivity index (χ2v) is 17.2. The summed E-state index contributed by atoms with van der Waals surface area (Å²) in [6.07, 6.45) is 0. The summed E-state index contributed by atoms with van der Waals surface area (Å²) in [6, 6.07) is 35.5. The molecule has 1 aromatic heterocycles. The minimum Gasteiger partial charge on any atom is -0.478 e. The van der Waals surface area contributed by atoms with E-state index in [2.05, 4.69) is 24.2 Å². The van der Waals surface area contributed by atoms with Gasteiger partial charge < -0.3 is 29.3 Å². The van der Waals surface area contributed by atoms with Gasteiger partial charge in [0.05, 0.1) is 16.9 Å². The van der Waals surface area contributed by atoms with E-state index in [1.165, 1.54) is 6.07 Å². The number of carboxylic acid groups (broad SMARTS) is 1. The number of sulfone groups is 1. The Morgan fingerprint density at radius 1 is 0.754 bits per heavy atom. The molecule has 1 saturated heterocycles. The Kier molecular flexibility index (Phi) is 11.7. The molecule has 0 amide bonds. The fourth-order valence-corrected chi connectivity index (χ4v) is 9.14. The highest BCUT2D eigenvalue weighted by Gasteiger charge is 2.48. The lowest BCUT2D eigenvalue weighted by atomic mass is 9.96. The lowest BCUT2D eigenvalue weighted by Crippen LogP contribution is -2.46. The van der Waals surface area contributed by atoms with Crippen molar-refractivity contribution < 1.29 is 31.5 Å². The first-order valence-corrected chi connectivity index (χ1v) is 21.1. The maximum atomic E-state index is 13.7. The number of aromatic amines is 1. The zero-order chi connectivity index (χ0) is 40.3. The van der Waals surface area contributed by atoms with Crippen LogP contribution >= 0.6 is 35.5 Å². The summed E-state index contributed by atoms with van der Waals surface area (Å²) in [5.41, 5.74) is 0.736. The molecule has 1 aliphatic rings. The van der Waals surface area contributed by atoms with Crippen LogP contribution in [0, 0.1) is 6.92 Å². The smallest absolute Gasteiger partial charge is 0.478 e. The maximum absolute atomic E-state index is 13.7. The summed E-state index contributed by atoms with van der Waals surface area (Å²) < 4.78 is 71.9. The zero-order valence-electron chi connectivity index (χ0n) is 30.2. The lowest BCUT2D eigenvalue weighted by molar-refractivity contribution is -0.0435. The molecular weight excluding hydrogens is 815 g/mol.